The number of benzene rings is 1. The lowest BCUT2D eigenvalue weighted by atomic mass is 9.98. The van der Waals surface area contributed by atoms with Crippen molar-refractivity contribution in [3.8, 4) is 29.2 Å². The maximum absolute atomic E-state index is 11.0. The number of nitrogens with zero attached hydrogens (tertiary/aromatic N) is 1. The number of rotatable bonds is 5. The monoisotopic (exact) mass is 378 g/mol. The van der Waals surface area contributed by atoms with Crippen LogP contribution in [0.15, 0.2) is 42.6 Å². The molecule has 1 unspecified atom stereocenters. The van der Waals surface area contributed by atoms with E-state index in [1.165, 1.54) is 26.2 Å². The maximum Gasteiger partial charge on any atom is 0.219 e. The first kappa shape index (κ1) is 19.8. The Morgan fingerprint density at radius 1 is 1.18 bits per heavy atom. The Morgan fingerprint density at radius 3 is 2.68 bits per heavy atom. The van der Waals surface area contributed by atoms with Gasteiger partial charge in [-0.2, -0.15) is 0 Å². The van der Waals surface area contributed by atoms with Crippen molar-refractivity contribution in [3.05, 3.63) is 48.2 Å². The molecule has 1 N–H and O–H groups in total. The van der Waals surface area contributed by atoms with Crippen LogP contribution in [0.1, 0.15) is 51.5 Å². The van der Waals surface area contributed by atoms with Crippen molar-refractivity contribution >= 4 is 5.91 Å². The molecule has 5 nitrogen and oxygen atoms in total. The molecule has 0 saturated heterocycles. The van der Waals surface area contributed by atoms with Crippen molar-refractivity contribution in [1.82, 2.24) is 10.3 Å². The number of amides is 1. The zero-order chi connectivity index (χ0) is 19.8. The molecule has 5 heteroatoms. The van der Waals surface area contributed by atoms with Crippen LogP contribution in [0, 0.1) is 11.8 Å². The molecule has 1 heterocycles. The van der Waals surface area contributed by atoms with Gasteiger partial charge in [-0.1, -0.05) is 24.3 Å². The van der Waals surface area contributed by atoms with Crippen molar-refractivity contribution in [1.29, 1.82) is 0 Å². The summed E-state index contributed by atoms with van der Waals surface area (Å²) in [6, 6.07) is 11.1. The number of carbonyl (C=O) groups is 1. The Bertz CT molecular complexity index is 846. The maximum atomic E-state index is 11.0. The summed E-state index contributed by atoms with van der Waals surface area (Å²) in [5, 5.41) is 2.72. The zero-order valence-electron chi connectivity index (χ0n) is 16.4. The molecule has 146 valence electrons. The highest BCUT2D eigenvalue weighted by molar-refractivity contribution is 5.73. The molecule has 1 aromatic carbocycles. The van der Waals surface area contributed by atoms with Crippen LogP contribution in [-0.4, -0.2) is 23.0 Å². The van der Waals surface area contributed by atoms with E-state index in [4.69, 9.17) is 9.47 Å². The molecule has 28 heavy (non-hydrogen) atoms. The molecule has 1 atom stereocenters. The van der Waals surface area contributed by atoms with Gasteiger partial charge in [-0.15, -0.1) is 0 Å². The molecule has 1 aliphatic carbocycles. The van der Waals surface area contributed by atoms with Gasteiger partial charge in [0.05, 0.1) is 12.1 Å². The quantitative estimate of drug-likeness (QED) is 0.780. The third-order valence-electron chi connectivity index (χ3n) is 4.47. The number of pyridine rings is 1. The predicted octanol–water partition coefficient (Wildman–Crippen LogP) is 4.46. The average molecular weight is 378 g/mol. The molecule has 1 amide bonds. The highest BCUT2D eigenvalue weighted by Gasteiger charge is 2.15. The van der Waals surface area contributed by atoms with Crippen LogP contribution in [-0.2, 0) is 4.79 Å². The Morgan fingerprint density at radius 2 is 1.96 bits per heavy atom. The van der Waals surface area contributed by atoms with Crippen molar-refractivity contribution in [3.63, 3.8) is 0 Å². The van der Waals surface area contributed by atoms with Crippen LogP contribution in [0.25, 0.3) is 0 Å². The highest BCUT2D eigenvalue weighted by atomic mass is 16.5. The van der Waals surface area contributed by atoms with Crippen molar-refractivity contribution in [2.24, 2.45) is 0 Å². The highest BCUT2D eigenvalue weighted by Crippen LogP contribution is 2.27. The lowest BCUT2D eigenvalue weighted by Gasteiger charge is -2.23. The number of nitrogens with one attached hydrogen (secondary N) is 1. The Kier molecular flexibility index (Phi) is 6.91. The van der Waals surface area contributed by atoms with Crippen molar-refractivity contribution < 1.29 is 14.3 Å². The number of hydrogen-bond acceptors (Lipinski definition) is 4. The van der Waals surface area contributed by atoms with Gasteiger partial charge in [-0.3, -0.25) is 4.79 Å². The van der Waals surface area contributed by atoms with E-state index in [1.54, 1.807) is 12.3 Å². The van der Waals surface area contributed by atoms with Crippen LogP contribution in [0.2, 0.25) is 0 Å². The number of carbonyl (C=O) groups excluding carboxylic acids is 1. The standard InChI is InChI=1S/C23H26N2O3/c1-17(25-18(2)26)11-12-19-13-14-23(24-16-19)28-22-10-6-9-21(15-22)27-20-7-4-3-5-8-20/h6,9-10,13-17,20H,3-5,7-8H2,1-2H3,(H,25,26). The minimum atomic E-state index is -0.208. The molecule has 0 spiro atoms. The summed E-state index contributed by atoms with van der Waals surface area (Å²) in [6.07, 6.45) is 7.99. The molecule has 0 bridgehead atoms. The van der Waals surface area contributed by atoms with E-state index in [-0.39, 0.29) is 11.9 Å². The van der Waals surface area contributed by atoms with E-state index in [9.17, 15) is 4.79 Å². The topological polar surface area (TPSA) is 60.5 Å². The second kappa shape index (κ2) is 9.80. The van der Waals surface area contributed by atoms with Crippen LogP contribution in [0.3, 0.4) is 0 Å². The van der Waals surface area contributed by atoms with Crippen molar-refractivity contribution in [2.45, 2.75) is 58.1 Å². The number of ether oxygens (including phenoxy) is 2. The molecule has 0 radical (unpaired) electrons. The van der Waals surface area contributed by atoms with E-state index in [0.29, 0.717) is 17.7 Å². The molecule has 1 aromatic heterocycles. The molecular formula is C23H26N2O3. The summed E-state index contributed by atoms with van der Waals surface area (Å²) in [7, 11) is 0. The van der Waals surface area contributed by atoms with Gasteiger partial charge >= 0.3 is 0 Å². The van der Waals surface area contributed by atoms with E-state index in [0.717, 1.165) is 24.2 Å². The fraction of sp³-hybridized carbons (Fsp3) is 0.391. The van der Waals surface area contributed by atoms with E-state index in [1.807, 2.05) is 37.3 Å². The van der Waals surface area contributed by atoms with Crippen LogP contribution < -0.4 is 14.8 Å². The summed E-state index contributed by atoms with van der Waals surface area (Å²) in [5.74, 6) is 7.88. The van der Waals surface area contributed by atoms with Crippen LogP contribution in [0.5, 0.6) is 17.4 Å². The fourth-order valence-corrected chi connectivity index (χ4v) is 3.15. The van der Waals surface area contributed by atoms with Gasteiger partial charge in [0.25, 0.3) is 0 Å². The van der Waals surface area contributed by atoms with E-state index < -0.39 is 0 Å². The molecule has 3 rings (SSSR count). The summed E-state index contributed by atoms with van der Waals surface area (Å²) in [6.45, 7) is 3.31. The van der Waals surface area contributed by atoms with Gasteiger partial charge < -0.3 is 14.8 Å². The fourth-order valence-electron chi connectivity index (χ4n) is 3.15. The molecular weight excluding hydrogens is 352 g/mol. The second-order valence-corrected chi connectivity index (χ2v) is 7.03. The van der Waals surface area contributed by atoms with Crippen LogP contribution >= 0.6 is 0 Å². The largest absolute Gasteiger partial charge is 0.490 e. The molecule has 0 aliphatic heterocycles. The predicted molar refractivity (Wildman–Crippen MR) is 108 cm³/mol. The molecule has 2 aromatic rings. The third kappa shape index (κ3) is 6.31. The molecule has 1 aliphatic rings. The number of hydrogen-bond donors (Lipinski definition) is 1. The normalized spacial score (nSPS) is 15.1. The summed E-state index contributed by atoms with van der Waals surface area (Å²) >= 11 is 0. The lowest BCUT2D eigenvalue weighted by Crippen LogP contribution is -2.28. The second-order valence-electron chi connectivity index (χ2n) is 7.03. The summed E-state index contributed by atoms with van der Waals surface area (Å²) in [5.41, 5.74) is 0.763. The average Bonchev–Trinajstić information content (AvgIpc) is 2.68. The summed E-state index contributed by atoms with van der Waals surface area (Å²) in [4.78, 5) is 15.3. The summed E-state index contributed by atoms with van der Waals surface area (Å²) < 4.78 is 11.9. The Hall–Kier alpha value is -3.00. The lowest BCUT2D eigenvalue weighted by molar-refractivity contribution is -0.119. The molecule has 1 fully saturated rings. The van der Waals surface area contributed by atoms with Crippen molar-refractivity contribution in [2.75, 3.05) is 0 Å². The minimum Gasteiger partial charge on any atom is -0.490 e. The first-order valence-electron chi connectivity index (χ1n) is 9.78. The number of aromatic nitrogens is 1. The minimum absolute atomic E-state index is 0.0987. The SMILES string of the molecule is CC(=O)NC(C)C#Cc1ccc(Oc2cccc(OC3CCCCC3)c2)nc1. The van der Waals surface area contributed by atoms with Crippen LogP contribution in [0.4, 0.5) is 0 Å². The van der Waals surface area contributed by atoms with Gasteiger partial charge in [0, 0.05) is 30.8 Å². The first-order valence-corrected chi connectivity index (χ1v) is 9.78. The van der Waals surface area contributed by atoms with Gasteiger partial charge in [0.15, 0.2) is 0 Å². The van der Waals surface area contributed by atoms with Gasteiger partial charge in [-0.25, -0.2) is 4.98 Å². The van der Waals surface area contributed by atoms with Gasteiger partial charge in [0.1, 0.15) is 11.5 Å². The Labute approximate surface area is 166 Å². The molecule has 1 saturated carbocycles. The van der Waals surface area contributed by atoms with E-state index in [2.05, 4.69) is 22.1 Å². The van der Waals surface area contributed by atoms with Gasteiger partial charge in [0.2, 0.25) is 11.8 Å². The zero-order valence-corrected chi connectivity index (χ0v) is 16.4. The first-order chi connectivity index (χ1) is 13.6. The van der Waals surface area contributed by atoms with Gasteiger partial charge in [-0.05, 0) is 50.8 Å². The smallest absolute Gasteiger partial charge is 0.219 e. The Balaban J connectivity index is 1.58. The van der Waals surface area contributed by atoms with E-state index >= 15 is 0 Å². The third-order valence-corrected chi connectivity index (χ3v) is 4.47.